The van der Waals surface area contributed by atoms with Crippen LogP contribution in [0.25, 0.3) is 0 Å². The molecule has 0 radical (unpaired) electrons. The second-order valence-corrected chi connectivity index (χ2v) is 14.4. The summed E-state index contributed by atoms with van der Waals surface area (Å²) in [5.74, 6) is -0.0798. The van der Waals surface area contributed by atoms with E-state index in [2.05, 4.69) is 27.7 Å². The van der Waals surface area contributed by atoms with E-state index >= 15 is 0 Å². The standard InChI is InChI=1S/C41H78O6/c1-5-7-9-11-12-13-14-15-16-17-22-26-30-34-41(44)47-38(35-45-39(42)32-28-23-10-8-6-2)36-46-40(43)33-29-25-21-19-18-20-24-27-31-37(3)4/h37-38H,5-36H2,1-4H3/t38-/m1/s1. The Hall–Kier alpha value is -1.59. The molecule has 1 atom stereocenters. The molecule has 0 aromatic carbocycles. The molecule has 0 aliphatic carbocycles. The van der Waals surface area contributed by atoms with E-state index in [1.807, 2.05) is 0 Å². The number of carbonyl (C=O) groups is 3. The number of carbonyl (C=O) groups excluding carboxylic acids is 3. The summed E-state index contributed by atoms with van der Waals surface area (Å²) < 4.78 is 16.5. The van der Waals surface area contributed by atoms with Crippen LogP contribution >= 0.6 is 0 Å². The number of unbranched alkanes of at least 4 members (excludes halogenated alkanes) is 23. The van der Waals surface area contributed by atoms with E-state index in [-0.39, 0.29) is 31.1 Å². The first kappa shape index (κ1) is 45.4. The zero-order valence-corrected chi connectivity index (χ0v) is 31.7. The van der Waals surface area contributed by atoms with Crippen LogP contribution in [0.4, 0.5) is 0 Å². The van der Waals surface area contributed by atoms with Crippen LogP contribution in [-0.2, 0) is 28.6 Å². The van der Waals surface area contributed by atoms with E-state index in [1.54, 1.807) is 0 Å². The number of esters is 3. The lowest BCUT2D eigenvalue weighted by molar-refractivity contribution is -0.167. The van der Waals surface area contributed by atoms with Crippen LogP contribution in [0.3, 0.4) is 0 Å². The summed E-state index contributed by atoms with van der Waals surface area (Å²) in [4.78, 5) is 37.3. The summed E-state index contributed by atoms with van der Waals surface area (Å²) in [7, 11) is 0. The third-order valence-electron chi connectivity index (χ3n) is 9.04. The molecule has 0 aromatic heterocycles. The van der Waals surface area contributed by atoms with Crippen LogP contribution in [-0.4, -0.2) is 37.2 Å². The first-order chi connectivity index (χ1) is 22.9. The zero-order valence-electron chi connectivity index (χ0n) is 31.7. The molecule has 0 N–H and O–H groups in total. The molecule has 6 nitrogen and oxygen atoms in total. The van der Waals surface area contributed by atoms with Gasteiger partial charge in [0, 0.05) is 19.3 Å². The highest BCUT2D eigenvalue weighted by atomic mass is 16.6. The second kappa shape index (κ2) is 35.7. The number of hydrogen-bond donors (Lipinski definition) is 0. The predicted molar refractivity (Wildman–Crippen MR) is 196 cm³/mol. The number of rotatable bonds is 36. The molecule has 0 fully saturated rings. The highest BCUT2D eigenvalue weighted by molar-refractivity contribution is 5.71. The number of ether oxygens (including phenoxy) is 3. The maximum absolute atomic E-state index is 12.6. The molecule has 0 saturated heterocycles. The maximum atomic E-state index is 12.6. The van der Waals surface area contributed by atoms with E-state index in [0.717, 1.165) is 70.1 Å². The maximum Gasteiger partial charge on any atom is 0.306 e. The zero-order chi connectivity index (χ0) is 34.6. The molecule has 0 amide bonds. The van der Waals surface area contributed by atoms with Gasteiger partial charge in [0.1, 0.15) is 13.2 Å². The van der Waals surface area contributed by atoms with Gasteiger partial charge in [0.25, 0.3) is 0 Å². The molecule has 0 saturated carbocycles. The smallest absolute Gasteiger partial charge is 0.306 e. The predicted octanol–water partition coefficient (Wildman–Crippen LogP) is 12.4. The van der Waals surface area contributed by atoms with Crippen LogP contribution < -0.4 is 0 Å². The Morgan fingerprint density at radius 1 is 0.404 bits per heavy atom. The molecule has 0 rings (SSSR count). The molecule has 0 aliphatic heterocycles. The van der Waals surface area contributed by atoms with Crippen molar-refractivity contribution in [2.75, 3.05) is 13.2 Å². The van der Waals surface area contributed by atoms with Crippen molar-refractivity contribution in [3.05, 3.63) is 0 Å². The lowest BCUT2D eigenvalue weighted by atomic mass is 10.0. The number of hydrogen-bond acceptors (Lipinski definition) is 6. The summed E-state index contributed by atoms with van der Waals surface area (Å²) in [6.07, 6.45) is 32.6. The lowest BCUT2D eigenvalue weighted by Crippen LogP contribution is -2.30. The minimum Gasteiger partial charge on any atom is -0.462 e. The fraction of sp³-hybridized carbons (Fsp3) is 0.927. The molecule has 47 heavy (non-hydrogen) atoms. The van der Waals surface area contributed by atoms with Crippen molar-refractivity contribution in [3.8, 4) is 0 Å². The van der Waals surface area contributed by atoms with Gasteiger partial charge in [0.2, 0.25) is 0 Å². The second-order valence-electron chi connectivity index (χ2n) is 14.4. The quantitative estimate of drug-likeness (QED) is 0.0376. The average molecular weight is 667 g/mol. The van der Waals surface area contributed by atoms with Gasteiger partial charge >= 0.3 is 17.9 Å². The van der Waals surface area contributed by atoms with Crippen LogP contribution in [0.1, 0.15) is 220 Å². The van der Waals surface area contributed by atoms with Gasteiger partial charge in [-0.2, -0.15) is 0 Å². The van der Waals surface area contributed by atoms with Crippen molar-refractivity contribution in [1.82, 2.24) is 0 Å². The first-order valence-corrected chi connectivity index (χ1v) is 20.4. The fourth-order valence-corrected chi connectivity index (χ4v) is 5.92. The van der Waals surface area contributed by atoms with Gasteiger partial charge in [-0.15, -0.1) is 0 Å². The minimum absolute atomic E-state index is 0.0661. The Kier molecular flexibility index (Phi) is 34.5. The van der Waals surface area contributed by atoms with Gasteiger partial charge in [-0.05, 0) is 25.2 Å². The van der Waals surface area contributed by atoms with Crippen molar-refractivity contribution in [1.29, 1.82) is 0 Å². The molecule has 0 bridgehead atoms. The van der Waals surface area contributed by atoms with E-state index < -0.39 is 6.10 Å². The van der Waals surface area contributed by atoms with E-state index in [9.17, 15) is 14.4 Å². The van der Waals surface area contributed by atoms with Crippen LogP contribution in [0.2, 0.25) is 0 Å². The molecular weight excluding hydrogens is 588 g/mol. The van der Waals surface area contributed by atoms with Gasteiger partial charge in [0.15, 0.2) is 6.10 Å². The molecule has 0 aromatic rings. The third kappa shape index (κ3) is 35.5. The Morgan fingerprint density at radius 3 is 1.04 bits per heavy atom. The largest absolute Gasteiger partial charge is 0.462 e. The van der Waals surface area contributed by atoms with E-state index in [4.69, 9.17) is 14.2 Å². The highest BCUT2D eigenvalue weighted by Crippen LogP contribution is 2.15. The van der Waals surface area contributed by atoms with Crippen molar-refractivity contribution >= 4 is 17.9 Å². The third-order valence-corrected chi connectivity index (χ3v) is 9.04. The Bertz CT molecular complexity index is 706. The summed E-state index contributed by atoms with van der Waals surface area (Å²) >= 11 is 0. The monoisotopic (exact) mass is 667 g/mol. The van der Waals surface area contributed by atoms with Crippen molar-refractivity contribution in [2.45, 2.75) is 226 Å². The van der Waals surface area contributed by atoms with Crippen LogP contribution in [0, 0.1) is 5.92 Å². The van der Waals surface area contributed by atoms with Gasteiger partial charge in [-0.1, -0.05) is 182 Å². The van der Waals surface area contributed by atoms with Crippen LogP contribution in [0.15, 0.2) is 0 Å². The normalized spacial score (nSPS) is 11.9. The topological polar surface area (TPSA) is 78.9 Å². The van der Waals surface area contributed by atoms with Gasteiger partial charge in [-0.25, -0.2) is 0 Å². The molecular formula is C41H78O6. The van der Waals surface area contributed by atoms with E-state index in [0.29, 0.717) is 19.3 Å². The van der Waals surface area contributed by atoms with Crippen molar-refractivity contribution in [2.24, 2.45) is 5.92 Å². The Morgan fingerprint density at radius 2 is 0.702 bits per heavy atom. The van der Waals surface area contributed by atoms with Crippen LogP contribution in [0.5, 0.6) is 0 Å². The summed E-state index contributed by atoms with van der Waals surface area (Å²) in [6.45, 7) is 8.86. The van der Waals surface area contributed by atoms with Crippen molar-refractivity contribution in [3.63, 3.8) is 0 Å². The highest BCUT2D eigenvalue weighted by Gasteiger charge is 2.19. The summed E-state index contributed by atoms with van der Waals surface area (Å²) in [5, 5.41) is 0. The molecule has 278 valence electrons. The lowest BCUT2D eigenvalue weighted by Gasteiger charge is -2.18. The molecule has 0 aliphatic rings. The Balaban J connectivity index is 4.25. The summed E-state index contributed by atoms with van der Waals surface area (Å²) in [5.41, 5.74) is 0. The minimum atomic E-state index is -0.756. The molecule has 6 heteroatoms. The van der Waals surface area contributed by atoms with E-state index in [1.165, 1.54) is 109 Å². The Labute approximate surface area is 291 Å². The molecule has 0 spiro atoms. The molecule has 0 heterocycles. The SMILES string of the molecule is CCCCCCCCCCCCCCCC(=O)O[C@H](COC(=O)CCCCCCC)COC(=O)CCCCCCCCCCC(C)C. The van der Waals surface area contributed by atoms with Gasteiger partial charge in [-0.3, -0.25) is 14.4 Å². The first-order valence-electron chi connectivity index (χ1n) is 20.4. The fourth-order valence-electron chi connectivity index (χ4n) is 5.92. The van der Waals surface area contributed by atoms with Crippen molar-refractivity contribution < 1.29 is 28.6 Å². The average Bonchev–Trinajstić information content (AvgIpc) is 3.05. The molecule has 0 unspecified atom stereocenters. The summed E-state index contributed by atoms with van der Waals surface area (Å²) in [6, 6.07) is 0. The van der Waals surface area contributed by atoms with Gasteiger partial charge < -0.3 is 14.2 Å². The van der Waals surface area contributed by atoms with Gasteiger partial charge in [0.05, 0.1) is 0 Å².